The molecule has 1 aliphatic rings. The van der Waals surface area contributed by atoms with Crippen LogP contribution < -0.4 is 10.6 Å². The molecule has 1 saturated heterocycles. The minimum atomic E-state index is -2.95. The first kappa shape index (κ1) is 14.3. The Morgan fingerprint density at radius 2 is 2.05 bits per heavy atom. The maximum absolute atomic E-state index is 13.3. The van der Waals surface area contributed by atoms with Crippen LogP contribution in [0, 0.1) is 5.82 Å². The fourth-order valence-corrected chi connectivity index (χ4v) is 3.63. The van der Waals surface area contributed by atoms with E-state index in [2.05, 4.69) is 0 Å². The largest absolute Gasteiger partial charge is 0.370 e. The van der Waals surface area contributed by atoms with E-state index >= 15 is 0 Å². The topological polar surface area (TPSA) is 63.4 Å². The number of nitrogens with zero attached hydrogens (tertiary/aromatic N) is 1. The van der Waals surface area contributed by atoms with Gasteiger partial charge in [-0.2, -0.15) is 0 Å². The summed E-state index contributed by atoms with van der Waals surface area (Å²) in [6, 6.07) is 4.22. The van der Waals surface area contributed by atoms with Crippen molar-refractivity contribution in [3.05, 3.63) is 29.6 Å². The number of rotatable bonds is 2. The SMILES string of the molecule is C[C@H](N)c1cc(F)ccc1N1CCCS(=O)(=O)CC1. The highest BCUT2D eigenvalue weighted by molar-refractivity contribution is 7.91. The molecular formula is C13H19FN2O2S. The fraction of sp³-hybridized carbons (Fsp3) is 0.538. The predicted octanol–water partition coefficient (Wildman–Crippen LogP) is 1.47. The van der Waals surface area contributed by atoms with Crippen LogP contribution in [0.15, 0.2) is 18.2 Å². The summed E-state index contributed by atoms with van der Waals surface area (Å²) in [5.41, 5.74) is 7.43. The highest BCUT2D eigenvalue weighted by atomic mass is 32.2. The third kappa shape index (κ3) is 3.45. The van der Waals surface area contributed by atoms with Gasteiger partial charge in [0.2, 0.25) is 0 Å². The van der Waals surface area contributed by atoms with E-state index in [0.717, 1.165) is 11.3 Å². The van der Waals surface area contributed by atoms with Crippen LogP contribution in [0.3, 0.4) is 0 Å². The van der Waals surface area contributed by atoms with Crippen molar-refractivity contribution in [2.75, 3.05) is 29.5 Å². The third-order valence-electron chi connectivity index (χ3n) is 3.38. The van der Waals surface area contributed by atoms with Crippen molar-refractivity contribution in [3.63, 3.8) is 0 Å². The van der Waals surface area contributed by atoms with E-state index in [1.54, 1.807) is 13.0 Å². The molecule has 19 heavy (non-hydrogen) atoms. The second kappa shape index (κ2) is 5.46. The van der Waals surface area contributed by atoms with Crippen molar-refractivity contribution in [2.45, 2.75) is 19.4 Å². The lowest BCUT2D eigenvalue weighted by atomic mass is 10.1. The molecule has 0 radical (unpaired) electrons. The maximum Gasteiger partial charge on any atom is 0.152 e. The number of anilines is 1. The van der Waals surface area contributed by atoms with Crippen molar-refractivity contribution in [1.82, 2.24) is 0 Å². The summed E-state index contributed by atoms with van der Waals surface area (Å²) in [7, 11) is -2.95. The normalized spacial score (nSPS) is 20.9. The van der Waals surface area contributed by atoms with Crippen molar-refractivity contribution < 1.29 is 12.8 Å². The monoisotopic (exact) mass is 286 g/mol. The molecule has 1 aromatic carbocycles. The number of hydrogen-bond donors (Lipinski definition) is 1. The van der Waals surface area contributed by atoms with E-state index in [0.29, 0.717) is 19.5 Å². The van der Waals surface area contributed by atoms with Crippen molar-refractivity contribution in [1.29, 1.82) is 0 Å². The van der Waals surface area contributed by atoms with Crippen LogP contribution in [0.2, 0.25) is 0 Å². The summed E-state index contributed by atoms with van der Waals surface area (Å²) in [4.78, 5) is 1.99. The van der Waals surface area contributed by atoms with Gasteiger partial charge in [-0.15, -0.1) is 0 Å². The zero-order chi connectivity index (χ0) is 14.0. The number of nitrogens with two attached hydrogens (primary N) is 1. The highest BCUT2D eigenvalue weighted by Gasteiger charge is 2.21. The summed E-state index contributed by atoms with van der Waals surface area (Å²) in [5, 5.41) is 0. The number of benzene rings is 1. The quantitative estimate of drug-likeness (QED) is 0.894. The van der Waals surface area contributed by atoms with Gasteiger partial charge in [-0.25, -0.2) is 12.8 Å². The molecule has 1 aliphatic heterocycles. The Bertz CT molecular complexity index is 558. The van der Waals surface area contributed by atoms with Gasteiger partial charge in [-0.05, 0) is 37.1 Å². The van der Waals surface area contributed by atoms with E-state index in [1.165, 1.54) is 12.1 Å². The van der Waals surface area contributed by atoms with Gasteiger partial charge in [0, 0.05) is 24.8 Å². The van der Waals surface area contributed by atoms with Gasteiger partial charge in [-0.3, -0.25) is 0 Å². The first-order valence-corrected chi connectivity index (χ1v) is 8.21. The lowest BCUT2D eigenvalue weighted by Gasteiger charge is -2.26. The smallest absolute Gasteiger partial charge is 0.152 e. The number of halogens is 1. The Morgan fingerprint density at radius 1 is 1.32 bits per heavy atom. The van der Waals surface area contributed by atoms with Crippen LogP contribution in [0.25, 0.3) is 0 Å². The first-order valence-electron chi connectivity index (χ1n) is 6.39. The fourth-order valence-electron chi connectivity index (χ4n) is 2.36. The van der Waals surface area contributed by atoms with Gasteiger partial charge < -0.3 is 10.6 Å². The maximum atomic E-state index is 13.3. The summed E-state index contributed by atoms with van der Waals surface area (Å²) in [5.74, 6) is 0.0412. The highest BCUT2D eigenvalue weighted by Crippen LogP contribution is 2.27. The third-order valence-corrected chi connectivity index (χ3v) is 5.09. The Hall–Kier alpha value is -1.14. The lowest BCUT2D eigenvalue weighted by molar-refractivity contribution is 0.597. The summed E-state index contributed by atoms with van der Waals surface area (Å²) < 4.78 is 36.5. The van der Waals surface area contributed by atoms with Crippen molar-refractivity contribution in [3.8, 4) is 0 Å². The first-order chi connectivity index (χ1) is 8.89. The standard InChI is InChI=1S/C13H19FN2O2S/c1-10(15)12-9-11(14)3-4-13(12)16-5-2-7-19(17,18)8-6-16/h3-4,9-10H,2,5-8,15H2,1H3/t10-/m0/s1. The molecule has 6 heteroatoms. The van der Waals surface area contributed by atoms with Crippen LogP contribution in [-0.4, -0.2) is 33.0 Å². The van der Waals surface area contributed by atoms with Gasteiger partial charge in [0.1, 0.15) is 5.82 Å². The van der Waals surface area contributed by atoms with Crippen LogP contribution in [-0.2, 0) is 9.84 Å². The van der Waals surface area contributed by atoms with Gasteiger partial charge in [0.15, 0.2) is 9.84 Å². The predicted molar refractivity (Wildman–Crippen MR) is 74.5 cm³/mol. The van der Waals surface area contributed by atoms with Crippen LogP contribution >= 0.6 is 0 Å². The second-order valence-electron chi connectivity index (χ2n) is 4.98. The Labute approximate surface area is 113 Å². The molecule has 0 amide bonds. The zero-order valence-corrected chi connectivity index (χ0v) is 11.8. The molecule has 4 nitrogen and oxygen atoms in total. The van der Waals surface area contributed by atoms with E-state index in [4.69, 9.17) is 5.73 Å². The second-order valence-corrected chi connectivity index (χ2v) is 7.29. The summed E-state index contributed by atoms with van der Waals surface area (Å²) in [6.07, 6.45) is 0.595. The van der Waals surface area contributed by atoms with Gasteiger partial charge in [0.05, 0.1) is 11.5 Å². The molecule has 0 aliphatic carbocycles. The van der Waals surface area contributed by atoms with Gasteiger partial charge in [0.25, 0.3) is 0 Å². The van der Waals surface area contributed by atoms with Crippen molar-refractivity contribution >= 4 is 15.5 Å². The summed E-state index contributed by atoms with van der Waals surface area (Å²) in [6.45, 7) is 2.89. The average molecular weight is 286 g/mol. The Morgan fingerprint density at radius 3 is 2.74 bits per heavy atom. The number of sulfone groups is 1. The van der Waals surface area contributed by atoms with Crippen LogP contribution in [0.5, 0.6) is 0 Å². The number of hydrogen-bond acceptors (Lipinski definition) is 4. The van der Waals surface area contributed by atoms with E-state index in [-0.39, 0.29) is 23.4 Å². The molecule has 0 spiro atoms. The molecule has 1 fully saturated rings. The van der Waals surface area contributed by atoms with Crippen LogP contribution in [0.4, 0.5) is 10.1 Å². The molecule has 0 unspecified atom stereocenters. The van der Waals surface area contributed by atoms with Crippen LogP contribution in [0.1, 0.15) is 24.9 Å². The molecule has 2 rings (SSSR count). The molecule has 106 valence electrons. The minimum absolute atomic E-state index is 0.142. The Kier molecular flexibility index (Phi) is 4.10. The minimum Gasteiger partial charge on any atom is -0.370 e. The molecule has 1 aromatic rings. The van der Waals surface area contributed by atoms with Gasteiger partial charge in [-0.1, -0.05) is 0 Å². The van der Waals surface area contributed by atoms with Gasteiger partial charge >= 0.3 is 0 Å². The van der Waals surface area contributed by atoms with Crippen molar-refractivity contribution in [2.24, 2.45) is 5.73 Å². The molecule has 2 N–H and O–H groups in total. The summed E-state index contributed by atoms with van der Waals surface area (Å²) >= 11 is 0. The molecule has 0 bridgehead atoms. The van der Waals surface area contributed by atoms with E-state index < -0.39 is 9.84 Å². The molecule has 0 saturated carbocycles. The Balaban J connectivity index is 2.31. The molecule has 0 aromatic heterocycles. The average Bonchev–Trinajstić information content (AvgIpc) is 2.50. The zero-order valence-electron chi connectivity index (χ0n) is 11.0. The lowest BCUT2D eigenvalue weighted by Crippen LogP contribution is -2.28. The van der Waals surface area contributed by atoms with E-state index in [9.17, 15) is 12.8 Å². The van der Waals surface area contributed by atoms with E-state index in [1.807, 2.05) is 4.90 Å². The molecule has 1 atom stereocenters. The molecule has 1 heterocycles. The molecular weight excluding hydrogens is 267 g/mol.